The average molecular weight is 440 g/mol. The van der Waals surface area contributed by atoms with Crippen LogP contribution in [0.4, 0.5) is 5.69 Å². The molecule has 0 bridgehead atoms. The van der Waals surface area contributed by atoms with Crippen LogP contribution in [-0.2, 0) is 24.3 Å². The number of nitrogens with zero attached hydrogens (tertiary/aromatic N) is 2. The number of methoxy groups -OCH3 is 1. The van der Waals surface area contributed by atoms with Crippen LogP contribution in [0.25, 0.3) is 0 Å². The number of sulfonamides is 1. The number of amides is 2. The molecule has 0 spiro atoms. The van der Waals surface area contributed by atoms with E-state index in [0.717, 1.165) is 25.7 Å². The molecule has 2 amide bonds. The Morgan fingerprint density at radius 3 is 2.60 bits per heavy atom. The Balaban J connectivity index is 1.75. The summed E-state index contributed by atoms with van der Waals surface area (Å²) in [6.45, 7) is 1.75. The number of ether oxygens (including phenoxy) is 2. The van der Waals surface area contributed by atoms with Crippen LogP contribution in [0.3, 0.4) is 0 Å². The fourth-order valence-electron chi connectivity index (χ4n) is 3.63. The van der Waals surface area contributed by atoms with Crippen molar-refractivity contribution in [3.05, 3.63) is 18.2 Å². The van der Waals surface area contributed by atoms with Gasteiger partial charge in [0.25, 0.3) is 0 Å². The van der Waals surface area contributed by atoms with Crippen LogP contribution >= 0.6 is 0 Å². The predicted octanol–water partition coefficient (Wildman–Crippen LogP) is 1.45. The second-order valence-corrected chi connectivity index (χ2v) is 9.34. The molecule has 3 rings (SSSR count). The number of rotatable bonds is 6. The molecule has 0 unspecified atom stereocenters. The zero-order chi connectivity index (χ0) is 21.6. The summed E-state index contributed by atoms with van der Waals surface area (Å²) >= 11 is 0. The summed E-state index contributed by atoms with van der Waals surface area (Å²) in [4.78, 5) is 26.5. The van der Waals surface area contributed by atoms with Crippen LogP contribution in [0.15, 0.2) is 23.1 Å². The van der Waals surface area contributed by atoms with Crippen molar-refractivity contribution in [3.8, 4) is 5.75 Å². The molecule has 0 aromatic heterocycles. The molecule has 0 saturated carbocycles. The second-order valence-electron chi connectivity index (χ2n) is 7.41. The highest BCUT2D eigenvalue weighted by atomic mass is 32.2. The van der Waals surface area contributed by atoms with Gasteiger partial charge in [0.1, 0.15) is 5.75 Å². The molecule has 30 heavy (non-hydrogen) atoms. The fourth-order valence-corrected chi connectivity index (χ4v) is 5.06. The Bertz CT molecular complexity index is 867. The maximum atomic E-state index is 12.9. The molecular weight excluding hydrogens is 410 g/mol. The Morgan fingerprint density at radius 2 is 1.87 bits per heavy atom. The number of hydrogen-bond acceptors (Lipinski definition) is 6. The highest BCUT2D eigenvalue weighted by Crippen LogP contribution is 2.29. The molecule has 0 radical (unpaired) electrons. The number of likely N-dealkylation sites (tertiary alicyclic amines) is 1. The number of carbonyl (C=O) groups is 2. The van der Waals surface area contributed by atoms with E-state index in [1.165, 1.54) is 29.6 Å². The molecule has 2 heterocycles. The molecule has 10 heteroatoms. The van der Waals surface area contributed by atoms with Crippen LogP contribution in [0.5, 0.6) is 5.75 Å². The van der Waals surface area contributed by atoms with Gasteiger partial charge in [-0.2, -0.15) is 4.31 Å². The van der Waals surface area contributed by atoms with E-state index in [1.54, 1.807) is 4.90 Å². The van der Waals surface area contributed by atoms with Crippen LogP contribution in [0, 0.1) is 0 Å². The van der Waals surface area contributed by atoms with Gasteiger partial charge in [0, 0.05) is 26.1 Å². The molecule has 2 aliphatic heterocycles. The summed E-state index contributed by atoms with van der Waals surface area (Å²) in [6.07, 6.45) is 4.24. The van der Waals surface area contributed by atoms with E-state index < -0.39 is 10.0 Å². The van der Waals surface area contributed by atoms with Gasteiger partial charge in [0.05, 0.1) is 37.5 Å². The number of hydrogen-bond donors (Lipinski definition) is 1. The number of morpholine rings is 1. The molecule has 1 aromatic carbocycles. The van der Waals surface area contributed by atoms with E-state index in [2.05, 4.69) is 5.32 Å². The van der Waals surface area contributed by atoms with Crippen LogP contribution in [0.2, 0.25) is 0 Å². The maximum absolute atomic E-state index is 12.9. The van der Waals surface area contributed by atoms with Crippen molar-refractivity contribution in [3.63, 3.8) is 0 Å². The number of anilines is 1. The van der Waals surface area contributed by atoms with Gasteiger partial charge in [0.2, 0.25) is 21.8 Å². The Morgan fingerprint density at radius 1 is 1.13 bits per heavy atom. The second kappa shape index (κ2) is 10.2. The van der Waals surface area contributed by atoms with Crippen molar-refractivity contribution in [2.45, 2.75) is 37.0 Å². The summed E-state index contributed by atoms with van der Waals surface area (Å²) < 4.78 is 37.7. The van der Waals surface area contributed by atoms with Gasteiger partial charge < -0.3 is 19.7 Å². The minimum absolute atomic E-state index is 0.0274. The van der Waals surface area contributed by atoms with Crippen molar-refractivity contribution in [1.29, 1.82) is 0 Å². The molecule has 166 valence electrons. The number of carbonyl (C=O) groups excluding carboxylic acids is 2. The van der Waals surface area contributed by atoms with E-state index in [9.17, 15) is 18.0 Å². The summed E-state index contributed by atoms with van der Waals surface area (Å²) in [7, 11) is -2.26. The topological polar surface area (TPSA) is 105 Å². The molecule has 1 aromatic rings. The van der Waals surface area contributed by atoms with Crippen LogP contribution in [0.1, 0.15) is 32.1 Å². The lowest BCUT2D eigenvalue weighted by Crippen LogP contribution is -2.40. The highest BCUT2D eigenvalue weighted by molar-refractivity contribution is 7.89. The normalized spacial score (nSPS) is 19.1. The smallest absolute Gasteiger partial charge is 0.244 e. The summed E-state index contributed by atoms with van der Waals surface area (Å²) in [5, 5.41) is 2.72. The lowest BCUT2D eigenvalue weighted by Gasteiger charge is -2.26. The van der Waals surface area contributed by atoms with Gasteiger partial charge in [-0.3, -0.25) is 9.59 Å². The van der Waals surface area contributed by atoms with Crippen molar-refractivity contribution in [2.24, 2.45) is 0 Å². The molecule has 2 saturated heterocycles. The Labute approximate surface area is 177 Å². The highest BCUT2D eigenvalue weighted by Gasteiger charge is 2.27. The van der Waals surface area contributed by atoms with E-state index in [-0.39, 0.29) is 42.0 Å². The molecule has 0 atom stereocenters. The van der Waals surface area contributed by atoms with Crippen molar-refractivity contribution < 1.29 is 27.5 Å². The molecule has 9 nitrogen and oxygen atoms in total. The average Bonchev–Trinajstić information content (AvgIpc) is 2.74. The minimum Gasteiger partial charge on any atom is -0.495 e. The quantitative estimate of drug-likeness (QED) is 0.719. The summed E-state index contributed by atoms with van der Waals surface area (Å²) in [5.74, 6) is -0.0631. The molecular formula is C20H29N3O6S. The third-order valence-electron chi connectivity index (χ3n) is 5.31. The first-order valence-corrected chi connectivity index (χ1v) is 11.7. The standard InChI is InChI=1S/C20H29N3O6S/c1-28-18-8-7-16(30(26,27)23-10-12-29-13-11-23)14-17(18)21-19(24)15-22-9-5-3-2-4-6-20(22)25/h7-8,14H,2-6,9-13,15H2,1H3,(H,21,24). The first kappa shape index (κ1) is 22.5. The monoisotopic (exact) mass is 439 g/mol. The molecule has 0 aliphatic carbocycles. The lowest BCUT2D eigenvalue weighted by molar-refractivity contribution is -0.135. The van der Waals surface area contributed by atoms with Gasteiger partial charge in [-0.05, 0) is 31.0 Å². The fraction of sp³-hybridized carbons (Fsp3) is 0.600. The van der Waals surface area contributed by atoms with Crippen LogP contribution in [-0.4, -0.2) is 75.9 Å². The van der Waals surface area contributed by atoms with Crippen molar-refractivity contribution >= 4 is 27.5 Å². The Kier molecular flexibility index (Phi) is 7.68. The zero-order valence-corrected chi connectivity index (χ0v) is 18.1. The largest absolute Gasteiger partial charge is 0.495 e. The SMILES string of the molecule is COc1ccc(S(=O)(=O)N2CCOCC2)cc1NC(=O)CN1CCCCCCC1=O. The van der Waals surface area contributed by atoms with Gasteiger partial charge in [-0.15, -0.1) is 0 Å². The predicted molar refractivity (Wildman–Crippen MR) is 111 cm³/mol. The minimum atomic E-state index is -3.71. The third-order valence-corrected chi connectivity index (χ3v) is 7.20. The maximum Gasteiger partial charge on any atom is 0.244 e. The van der Waals surface area contributed by atoms with E-state index in [4.69, 9.17) is 9.47 Å². The first-order chi connectivity index (χ1) is 14.4. The molecule has 2 fully saturated rings. The van der Waals surface area contributed by atoms with Gasteiger partial charge >= 0.3 is 0 Å². The molecule has 2 aliphatic rings. The third kappa shape index (κ3) is 5.50. The van der Waals surface area contributed by atoms with Gasteiger partial charge in [-0.1, -0.05) is 12.8 Å². The lowest BCUT2D eigenvalue weighted by atomic mass is 10.1. The van der Waals surface area contributed by atoms with Gasteiger partial charge in [0.15, 0.2) is 0 Å². The summed E-state index contributed by atoms with van der Waals surface area (Å²) in [6, 6.07) is 4.38. The first-order valence-electron chi connectivity index (χ1n) is 10.3. The zero-order valence-electron chi connectivity index (χ0n) is 17.3. The van der Waals surface area contributed by atoms with Crippen molar-refractivity contribution in [2.75, 3.05) is 51.8 Å². The van der Waals surface area contributed by atoms with E-state index >= 15 is 0 Å². The van der Waals surface area contributed by atoms with Gasteiger partial charge in [-0.25, -0.2) is 8.42 Å². The molecule has 1 N–H and O–H groups in total. The van der Waals surface area contributed by atoms with E-state index in [1.807, 2.05) is 0 Å². The van der Waals surface area contributed by atoms with E-state index in [0.29, 0.717) is 31.9 Å². The van der Waals surface area contributed by atoms with Crippen molar-refractivity contribution in [1.82, 2.24) is 9.21 Å². The number of nitrogens with one attached hydrogen (secondary N) is 1. The Hall–Kier alpha value is -2.17. The number of benzene rings is 1. The summed E-state index contributed by atoms with van der Waals surface area (Å²) in [5.41, 5.74) is 0.260. The van der Waals surface area contributed by atoms with Crippen LogP contribution < -0.4 is 10.1 Å².